The van der Waals surface area contributed by atoms with E-state index in [0.717, 1.165) is 5.06 Å². The highest BCUT2D eigenvalue weighted by molar-refractivity contribution is 7.12. The van der Waals surface area contributed by atoms with Crippen molar-refractivity contribution in [3.05, 3.63) is 16.3 Å². The van der Waals surface area contributed by atoms with E-state index in [9.17, 15) is 4.79 Å². The highest BCUT2D eigenvalue weighted by atomic mass is 32.1. The number of nitrogens with zero attached hydrogens (tertiary/aromatic N) is 1. The summed E-state index contributed by atoms with van der Waals surface area (Å²) in [5, 5.41) is 11.6. The third-order valence-electron chi connectivity index (χ3n) is 1.36. The van der Waals surface area contributed by atoms with E-state index in [0.29, 0.717) is 4.88 Å². The van der Waals surface area contributed by atoms with E-state index in [-0.39, 0.29) is 11.7 Å². The van der Waals surface area contributed by atoms with Gasteiger partial charge in [0.15, 0.2) is 0 Å². The number of aromatic hydroxyl groups is 1. The maximum atomic E-state index is 11.3. The fraction of sp³-hybridized carbons (Fsp3) is 0.286. The van der Waals surface area contributed by atoms with Gasteiger partial charge in [-0.05, 0) is 0 Å². The lowest BCUT2D eigenvalue weighted by Gasteiger charge is -2.11. The van der Waals surface area contributed by atoms with Crippen molar-refractivity contribution >= 4 is 17.2 Å². The Morgan fingerprint density at radius 3 is 2.83 bits per heavy atom. The van der Waals surface area contributed by atoms with Gasteiger partial charge in [0.1, 0.15) is 5.75 Å². The minimum absolute atomic E-state index is 0.104. The molecular formula is C7H9NO3S. The first-order valence-electron chi connectivity index (χ1n) is 3.25. The van der Waals surface area contributed by atoms with Gasteiger partial charge < -0.3 is 5.11 Å². The Hall–Kier alpha value is -1.07. The van der Waals surface area contributed by atoms with Gasteiger partial charge in [0.2, 0.25) is 0 Å². The Balaban J connectivity index is 2.78. The van der Waals surface area contributed by atoms with Crippen molar-refractivity contribution in [1.82, 2.24) is 5.06 Å². The van der Waals surface area contributed by atoms with Crippen LogP contribution in [0.4, 0.5) is 0 Å². The molecule has 0 radical (unpaired) electrons. The number of carbonyl (C=O) groups is 1. The smallest absolute Gasteiger partial charge is 0.287 e. The van der Waals surface area contributed by atoms with Crippen LogP contribution < -0.4 is 0 Å². The summed E-state index contributed by atoms with van der Waals surface area (Å²) in [4.78, 5) is 16.4. The van der Waals surface area contributed by atoms with E-state index in [2.05, 4.69) is 4.84 Å². The van der Waals surface area contributed by atoms with Gasteiger partial charge in [-0.15, -0.1) is 11.3 Å². The predicted octanol–water partition coefficient (Wildman–Crippen LogP) is 1.09. The Morgan fingerprint density at radius 1 is 1.75 bits per heavy atom. The maximum absolute atomic E-state index is 11.3. The zero-order valence-corrected chi connectivity index (χ0v) is 7.59. The van der Waals surface area contributed by atoms with E-state index in [4.69, 9.17) is 5.11 Å². The van der Waals surface area contributed by atoms with Gasteiger partial charge >= 0.3 is 0 Å². The Kier molecular flexibility index (Phi) is 2.67. The van der Waals surface area contributed by atoms with Crippen molar-refractivity contribution in [2.24, 2.45) is 0 Å². The average Bonchev–Trinajstić information content (AvgIpc) is 2.49. The second-order valence-corrected chi connectivity index (χ2v) is 3.07. The summed E-state index contributed by atoms with van der Waals surface area (Å²) in [6.45, 7) is 0. The molecule has 0 spiro atoms. The highest BCUT2D eigenvalue weighted by Gasteiger charge is 2.13. The summed E-state index contributed by atoms with van der Waals surface area (Å²) in [6, 6.07) is 1.41. The predicted molar refractivity (Wildman–Crippen MR) is 45.1 cm³/mol. The standard InChI is InChI=1S/C7H9NO3S/c1-8(11-2)7(10)6-3-5(9)4-12-6/h3-4,9H,1-2H3. The molecule has 66 valence electrons. The topological polar surface area (TPSA) is 49.8 Å². The molecule has 0 saturated carbocycles. The van der Waals surface area contributed by atoms with E-state index >= 15 is 0 Å². The van der Waals surface area contributed by atoms with Gasteiger partial charge in [-0.2, -0.15) is 0 Å². The fourth-order valence-electron chi connectivity index (χ4n) is 0.676. The lowest BCUT2D eigenvalue weighted by molar-refractivity contribution is -0.0753. The van der Waals surface area contributed by atoms with Gasteiger partial charge in [-0.3, -0.25) is 9.63 Å². The molecule has 1 aromatic rings. The van der Waals surface area contributed by atoms with Crippen molar-refractivity contribution in [2.75, 3.05) is 14.2 Å². The number of hydrogen-bond donors (Lipinski definition) is 1. The van der Waals surface area contributed by atoms with Crippen LogP contribution in [-0.4, -0.2) is 30.2 Å². The van der Waals surface area contributed by atoms with Crippen LogP contribution in [0.25, 0.3) is 0 Å². The first kappa shape index (κ1) is 9.02. The van der Waals surface area contributed by atoms with Crippen LogP contribution in [0.3, 0.4) is 0 Å². The molecule has 0 atom stereocenters. The zero-order chi connectivity index (χ0) is 9.14. The molecular weight excluding hydrogens is 178 g/mol. The van der Waals surface area contributed by atoms with Gasteiger partial charge in [-0.1, -0.05) is 0 Å². The van der Waals surface area contributed by atoms with E-state index in [1.165, 1.54) is 36.9 Å². The number of rotatable bonds is 2. The summed E-state index contributed by atoms with van der Waals surface area (Å²) in [7, 11) is 2.92. The SMILES string of the molecule is CON(C)C(=O)c1cc(O)cs1. The summed E-state index contributed by atoms with van der Waals surface area (Å²) >= 11 is 1.18. The molecule has 0 bridgehead atoms. The average molecular weight is 187 g/mol. The van der Waals surface area contributed by atoms with Crippen LogP contribution >= 0.6 is 11.3 Å². The zero-order valence-electron chi connectivity index (χ0n) is 6.77. The molecule has 0 saturated heterocycles. The molecule has 1 amide bonds. The molecule has 4 nitrogen and oxygen atoms in total. The molecule has 0 aliphatic rings. The molecule has 1 N–H and O–H groups in total. The second kappa shape index (κ2) is 3.55. The molecule has 0 unspecified atom stereocenters. The number of hydroxylamine groups is 2. The van der Waals surface area contributed by atoms with Crippen LogP contribution in [-0.2, 0) is 4.84 Å². The summed E-state index contributed by atoms with van der Waals surface area (Å²) in [5.41, 5.74) is 0. The van der Waals surface area contributed by atoms with Crippen molar-refractivity contribution in [3.8, 4) is 5.75 Å². The van der Waals surface area contributed by atoms with Crippen LogP contribution in [0.15, 0.2) is 11.4 Å². The molecule has 1 heterocycles. The van der Waals surface area contributed by atoms with Gasteiger partial charge in [-0.25, -0.2) is 5.06 Å². The number of hydrogen-bond acceptors (Lipinski definition) is 4. The molecule has 0 aliphatic carbocycles. The summed E-state index contributed by atoms with van der Waals surface area (Å²) in [5.74, 6) is -0.157. The Labute approximate surface area is 73.9 Å². The minimum Gasteiger partial charge on any atom is -0.507 e. The first-order chi connectivity index (χ1) is 5.65. The normalized spacial score (nSPS) is 9.83. The molecule has 0 aliphatic heterocycles. The first-order valence-corrected chi connectivity index (χ1v) is 4.12. The Bertz CT molecular complexity index is 284. The molecule has 0 aromatic carbocycles. The quantitative estimate of drug-likeness (QED) is 0.705. The summed E-state index contributed by atoms with van der Waals surface area (Å²) in [6.07, 6.45) is 0. The molecule has 12 heavy (non-hydrogen) atoms. The lowest BCUT2D eigenvalue weighted by Crippen LogP contribution is -2.24. The lowest BCUT2D eigenvalue weighted by atomic mass is 10.4. The molecule has 1 rings (SSSR count). The minimum atomic E-state index is -0.261. The monoisotopic (exact) mass is 187 g/mol. The van der Waals surface area contributed by atoms with E-state index in [1.807, 2.05) is 0 Å². The van der Waals surface area contributed by atoms with Crippen LogP contribution in [0.2, 0.25) is 0 Å². The molecule has 1 aromatic heterocycles. The van der Waals surface area contributed by atoms with Gasteiger partial charge in [0.05, 0.1) is 12.0 Å². The van der Waals surface area contributed by atoms with E-state index in [1.54, 1.807) is 0 Å². The van der Waals surface area contributed by atoms with Crippen LogP contribution in [0.5, 0.6) is 5.75 Å². The van der Waals surface area contributed by atoms with Crippen LogP contribution in [0, 0.1) is 0 Å². The number of thiophene rings is 1. The highest BCUT2D eigenvalue weighted by Crippen LogP contribution is 2.20. The van der Waals surface area contributed by atoms with Crippen molar-refractivity contribution in [2.45, 2.75) is 0 Å². The fourth-order valence-corrected chi connectivity index (χ4v) is 1.41. The summed E-state index contributed by atoms with van der Waals surface area (Å²) < 4.78 is 0. The number of amides is 1. The maximum Gasteiger partial charge on any atom is 0.287 e. The van der Waals surface area contributed by atoms with Crippen molar-refractivity contribution < 1.29 is 14.7 Å². The second-order valence-electron chi connectivity index (χ2n) is 2.15. The van der Waals surface area contributed by atoms with Crippen molar-refractivity contribution in [1.29, 1.82) is 0 Å². The largest absolute Gasteiger partial charge is 0.507 e. The third kappa shape index (κ3) is 1.75. The Morgan fingerprint density at radius 2 is 2.42 bits per heavy atom. The van der Waals surface area contributed by atoms with Gasteiger partial charge in [0, 0.05) is 18.5 Å². The third-order valence-corrected chi connectivity index (χ3v) is 2.26. The van der Waals surface area contributed by atoms with Gasteiger partial charge in [0.25, 0.3) is 5.91 Å². The molecule has 5 heteroatoms. The van der Waals surface area contributed by atoms with E-state index < -0.39 is 0 Å². The van der Waals surface area contributed by atoms with Crippen LogP contribution in [0.1, 0.15) is 9.67 Å². The van der Waals surface area contributed by atoms with Crippen molar-refractivity contribution in [3.63, 3.8) is 0 Å². The molecule has 0 fully saturated rings. The number of carbonyl (C=O) groups excluding carboxylic acids is 1.